The van der Waals surface area contributed by atoms with Crippen LogP contribution in [0.2, 0.25) is 0 Å². The van der Waals surface area contributed by atoms with E-state index in [1.807, 2.05) is 0 Å². The summed E-state index contributed by atoms with van der Waals surface area (Å²) < 4.78 is 35.7. The second-order valence-corrected chi connectivity index (χ2v) is 3.84. The van der Waals surface area contributed by atoms with Gasteiger partial charge in [0.05, 0.1) is 4.99 Å². The van der Waals surface area contributed by atoms with E-state index in [4.69, 9.17) is 5.73 Å². The highest BCUT2D eigenvalue weighted by Gasteiger charge is 2.33. The van der Waals surface area contributed by atoms with E-state index >= 15 is 0 Å². The van der Waals surface area contributed by atoms with Crippen LogP contribution >= 0.6 is 12.2 Å². The molecule has 0 aromatic heterocycles. The molecule has 0 rings (SSSR count). The van der Waals surface area contributed by atoms with Crippen LogP contribution in [0, 0.1) is 0 Å². The molecule has 88 valence electrons. The van der Waals surface area contributed by atoms with E-state index in [0.29, 0.717) is 0 Å². The molecule has 1 amide bonds. The third kappa shape index (κ3) is 6.27. The molecule has 0 aromatic rings. The average molecular weight is 242 g/mol. The van der Waals surface area contributed by atoms with E-state index in [9.17, 15) is 18.0 Å². The van der Waals surface area contributed by atoms with Gasteiger partial charge in [-0.05, 0) is 6.92 Å². The van der Waals surface area contributed by atoms with Gasteiger partial charge in [-0.15, -0.1) is 0 Å². The molecule has 3 nitrogen and oxygen atoms in total. The SMILES string of the molecule is CC(CC(N)=S)N(C)C(=O)CC(F)(F)F. The van der Waals surface area contributed by atoms with Crippen LogP contribution in [0.3, 0.4) is 0 Å². The van der Waals surface area contributed by atoms with Crippen molar-refractivity contribution >= 4 is 23.1 Å². The summed E-state index contributed by atoms with van der Waals surface area (Å²) in [6.45, 7) is 1.59. The number of carbonyl (C=O) groups is 1. The van der Waals surface area contributed by atoms with Crippen molar-refractivity contribution in [1.29, 1.82) is 0 Å². The molecule has 0 fully saturated rings. The van der Waals surface area contributed by atoms with Crippen LogP contribution in [0.4, 0.5) is 13.2 Å². The summed E-state index contributed by atoms with van der Waals surface area (Å²) in [4.78, 5) is 12.3. The van der Waals surface area contributed by atoms with Crippen LogP contribution in [0.15, 0.2) is 0 Å². The van der Waals surface area contributed by atoms with Gasteiger partial charge in [-0.2, -0.15) is 13.2 Å². The lowest BCUT2D eigenvalue weighted by Crippen LogP contribution is -2.39. The Kier molecular flexibility index (Phi) is 4.99. The molecule has 0 aliphatic heterocycles. The van der Waals surface area contributed by atoms with Crippen molar-refractivity contribution in [3.8, 4) is 0 Å². The Morgan fingerprint density at radius 1 is 1.53 bits per heavy atom. The number of hydrogen-bond donors (Lipinski definition) is 1. The monoisotopic (exact) mass is 242 g/mol. The summed E-state index contributed by atoms with van der Waals surface area (Å²) in [7, 11) is 1.30. The van der Waals surface area contributed by atoms with Crippen molar-refractivity contribution in [2.24, 2.45) is 5.73 Å². The molecular weight excluding hydrogens is 229 g/mol. The van der Waals surface area contributed by atoms with Crippen molar-refractivity contribution in [2.75, 3.05) is 7.05 Å². The molecule has 0 aliphatic carbocycles. The van der Waals surface area contributed by atoms with Gasteiger partial charge in [-0.1, -0.05) is 12.2 Å². The summed E-state index contributed by atoms with van der Waals surface area (Å²) in [5.74, 6) is -0.980. The van der Waals surface area contributed by atoms with Crippen LogP contribution in [0.25, 0.3) is 0 Å². The fourth-order valence-electron chi connectivity index (χ4n) is 0.970. The minimum Gasteiger partial charge on any atom is -0.393 e. The largest absolute Gasteiger partial charge is 0.397 e. The third-order valence-corrected chi connectivity index (χ3v) is 2.07. The Balaban J connectivity index is 4.25. The first-order chi connectivity index (χ1) is 6.63. The minimum absolute atomic E-state index is 0.175. The number of nitrogens with two attached hydrogens (primary N) is 1. The van der Waals surface area contributed by atoms with Gasteiger partial charge in [0.25, 0.3) is 0 Å². The second-order valence-electron chi connectivity index (χ2n) is 3.32. The molecule has 15 heavy (non-hydrogen) atoms. The zero-order valence-corrected chi connectivity index (χ0v) is 9.28. The summed E-state index contributed by atoms with van der Waals surface area (Å²) in [5, 5.41) is 0. The maximum absolute atomic E-state index is 11.9. The number of rotatable bonds is 4. The molecular formula is C8H13F3N2OS. The average Bonchev–Trinajstić information content (AvgIpc) is 1.98. The van der Waals surface area contributed by atoms with Gasteiger partial charge in [0.15, 0.2) is 0 Å². The normalized spacial score (nSPS) is 13.4. The van der Waals surface area contributed by atoms with Crippen molar-refractivity contribution in [2.45, 2.75) is 32.0 Å². The van der Waals surface area contributed by atoms with E-state index in [0.717, 1.165) is 4.90 Å². The van der Waals surface area contributed by atoms with Crippen LogP contribution in [0.1, 0.15) is 19.8 Å². The molecule has 7 heteroatoms. The van der Waals surface area contributed by atoms with Gasteiger partial charge in [0.1, 0.15) is 6.42 Å². The Morgan fingerprint density at radius 2 is 2.00 bits per heavy atom. The molecule has 1 atom stereocenters. The van der Waals surface area contributed by atoms with Gasteiger partial charge >= 0.3 is 6.18 Å². The maximum Gasteiger partial charge on any atom is 0.397 e. The predicted octanol–water partition coefficient (Wildman–Crippen LogP) is 1.46. The quantitative estimate of drug-likeness (QED) is 0.759. The second kappa shape index (κ2) is 5.29. The lowest BCUT2D eigenvalue weighted by Gasteiger charge is -2.25. The highest BCUT2D eigenvalue weighted by molar-refractivity contribution is 7.80. The standard InChI is InChI=1S/C8H13F3N2OS/c1-5(3-6(12)15)13(2)7(14)4-8(9,10)11/h5H,3-4H2,1-2H3,(H2,12,15). The lowest BCUT2D eigenvalue weighted by molar-refractivity contribution is -0.161. The topological polar surface area (TPSA) is 46.3 Å². The molecule has 0 radical (unpaired) electrons. The van der Waals surface area contributed by atoms with Gasteiger partial charge in [-0.3, -0.25) is 4.79 Å². The van der Waals surface area contributed by atoms with Gasteiger partial charge in [-0.25, -0.2) is 0 Å². The number of halogens is 3. The fraction of sp³-hybridized carbons (Fsp3) is 0.750. The fourth-order valence-corrected chi connectivity index (χ4v) is 1.21. The third-order valence-electron chi connectivity index (χ3n) is 1.90. The first kappa shape index (κ1) is 14.2. The number of nitrogens with zero attached hydrogens (tertiary/aromatic N) is 1. The zero-order chi connectivity index (χ0) is 12.2. The minimum atomic E-state index is -4.48. The van der Waals surface area contributed by atoms with Gasteiger partial charge in [0.2, 0.25) is 5.91 Å². The van der Waals surface area contributed by atoms with Crippen LogP contribution in [-0.4, -0.2) is 35.1 Å². The number of carbonyl (C=O) groups excluding carboxylic acids is 1. The molecule has 1 unspecified atom stereocenters. The molecule has 0 aliphatic rings. The Hall–Kier alpha value is -0.850. The molecule has 0 spiro atoms. The summed E-state index contributed by atoms with van der Waals surface area (Å²) in [6.07, 6.45) is -5.71. The Morgan fingerprint density at radius 3 is 2.33 bits per heavy atom. The summed E-state index contributed by atoms with van der Waals surface area (Å²) in [5.41, 5.74) is 5.23. The van der Waals surface area contributed by atoms with E-state index in [1.165, 1.54) is 7.05 Å². The molecule has 0 bridgehead atoms. The molecule has 0 saturated carbocycles. The number of hydrogen-bond acceptors (Lipinski definition) is 2. The van der Waals surface area contributed by atoms with E-state index in [2.05, 4.69) is 12.2 Å². The first-order valence-electron chi connectivity index (χ1n) is 4.24. The molecule has 2 N–H and O–H groups in total. The molecule has 0 saturated heterocycles. The molecule has 0 aromatic carbocycles. The number of thiocarbonyl (C=S) groups is 1. The van der Waals surface area contributed by atoms with Gasteiger partial charge < -0.3 is 10.6 Å². The maximum atomic E-state index is 11.9. The van der Waals surface area contributed by atoms with Crippen molar-refractivity contribution in [1.82, 2.24) is 4.90 Å². The Labute approximate surface area is 91.4 Å². The molecule has 0 heterocycles. The smallest absolute Gasteiger partial charge is 0.393 e. The summed E-state index contributed by atoms with van der Waals surface area (Å²) in [6, 6.07) is -0.419. The van der Waals surface area contributed by atoms with E-state index in [-0.39, 0.29) is 11.4 Å². The number of amides is 1. The van der Waals surface area contributed by atoms with E-state index in [1.54, 1.807) is 6.92 Å². The lowest BCUT2D eigenvalue weighted by atomic mass is 10.2. The van der Waals surface area contributed by atoms with Crippen LogP contribution in [0.5, 0.6) is 0 Å². The van der Waals surface area contributed by atoms with Crippen LogP contribution < -0.4 is 5.73 Å². The number of alkyl halides is 3. The highest BCUT2D eigenvalue weighted by Crippen LogP contribution is 2.21. The van der Waals surface area contributed by atoms with Crippen molar-refractivity contribution in [3.63, 3.8) is 0 Å². The van der Waals surface area contributed by atoms with Crippen molar-refractivity contribution in [3.05, 3.63) is 0 Å². The summed E-state index contributed by atoms with van der Waals surface area (Å²) >= 11 is 4.60. The van der Waals surface area contributed by atoms with Crippen molar-refractivity contribution < 1.29 is 18.0 Å². The Bertz CT molecular complexity index is 255. The van der Waals surface area contributed by atoms with Gasteiger partial charge in [0, 0.05) is 19.5 Å². The van der Waals surface area contributed by atoms with Crippen LogP contribution in [-0.2, 0) is 4.79 Å². The predicted molar refractivity (Wildman–Crippen MR) is 54.3 cm³/mol. The highest BCUT2D eigenvalue weighted by atomic mass is 32.1. The zero-order valence-electron chi connectivity index (χ0n) is 8.47. The van der Waals surface area contributed by atoms with E-state index < -0.39 is 24.5 Å². The first-order valence-corrected chi connectivity index (χ1v) is 4.65.